The van der Waals surface area contributed by atoms with E-state index in [1.165, 1.54) is 0 Å². The number of para-hydroxylation sites is 1. The van der Waals surface area contributed by atoms with E-state index >= 15 is 0 Å². The molecular formula is C15H25N3O2. The van der Waals surface area contributed by atoms with Crippen molar-refractivity contribution in [3.63, 3.8) is 0 Å². The molecule has 0 aromatic heterocycles. The SMILES string of the molecule is COCCCN(C)CCC(=O)Nc1ccccc1CN. The lowest BCUT2D eigenvalue weighted by Crippen LogP contribution is -2.26. The topological polar surface area (TPSA) is 67.6 Å². The van der Waals surface area contributed by atoms with Crippen molar-refractivity contribution in [1.29, 1.82) is 0 Å². The number of hydrogen-bond acceptors (Lipinski definition) is 4. The third-order valence-corrected chi connectivity index (χ3v) is 3.12. The Morgan fingerprint density at radius 1 is 1.35 bits per heavy atom. The molecule has 0 spiro atoms. The normalized spacial score (nSPS) is 10.8. The zero-order valence-corrected chi connectivity index (χ0v) is 12.4. The minimum Gasteiger partial charge on any atom is -0.385 e. The Balaban J connectivity index is 2.33. The second-order valence-electron chi connectivity index (χ2n) is 4.81. The van der Waals surface area contributed by atoms with Crippen LogP contribution in [0.15, 0.2) is 24.3 Å². The number of nitrogens with zero attached hydrogens (tertiary/aromatic N) is 1. The van der Waals surface area contributed by atoms with Gasteiger partial charge in [0.1, 0.15) is 0 Å². The zero-order valence-electron chi connectivity index (χ0n) is 12.4. The number of benzene rings is 1. The van der Waals surface area contributed by atoms with Gasteiger partial charge in [-0.15, -0.1) is 0 Å². The quantitative estimate of drug-likeness (QED) is 0.671. The van der Waals surface area contributed by atoms with Gasteiger partial charge in [-0.1, -0.05) is 18.2 Å². The summed E-state index contributed by atoms with van der Waals surface area (Å²) in [6.07, 6.45) is 1.45. The summed E-state index contributed by atoms with van der Waals surface area (Å²) in [4.78, 5) is 14.0. The van der Waals surface area contributed by atoms with Crippen molar-refractivity contribution >= 4 is 11.6 Å². The summed E-state index contributed by atoms with van der Waals surface area (Å²) in [7, 11) is 3.71. The largest absolute Gasteiger partial charge is 0.385 e. The average molecular weight is 279 g/mol. The van der Waals surface area contributed by atoms with Gasteiger partial charge in [0.25, 0.3) is 0 Å². The fraction of sp³-hybridized carbons (Fsp3) is 0.533. The molecule has 0 aliphatic heterocycles. The molecule has 0 radical (unpaired) electrons. The summed E-state index contributed by atoms with van der Waals surface area (Å²) in [6.45, 7) is 2.84. The van der Waals surface area contributed by atoms with Crippen molar-refractivity contribution in [3.8, 4) is 0 Å². The van der Waals surface area contributed by atoms with Gasteiger partial charge in [-0.3, -0.25) is 4.79 Å². The highest BCUT2D eigenvalue weighted by Gasteiger charge is 2.07. The Bertz CT molecular complexity index is 410. The molecular weight excluding hydrogens is 254 g/mol. The molecule has 1 rings (SSSR count). The molecule has 20 heavy (non-hydrogen) atoms. The summed E-state index contributed by atoms with van der Waals surface area (Å²) in [6, 6.07) is 7.61. The van der Waals surface area contributed by atoms with Gasteiger partial charge in [-0.2, -0.15) is 0 Å². The van der Waals surface area contributed by atoms with Crippen LogP contribution in [0.25, 0.3) is 0 Å². The van der Waals surface area contributed by atoms with Crippen LogP contribution in [-0.4, -0.2) is 44.7 Å². The summed E-state index contributed by atoms with van der Waals surface area (Å²) in [5, 5.41) is 2.91. The molecule has 112 valence electrons. The predicted octanol–water partition coefficient (Wildman–Crippen LogP) is 1.44. The van der Waals surface area contributed by atoms with Crippen LogP contribution in [0.3, 0.4) is 0 Å². The molecule has 1 aromatic carbocycles. The Morgan fingerprint density at radius 3 is 2.80 bits per heavy atom. The maximum absolute atomic E-state index is 11.9. The number of ether oxygens (including phenoxy) is 1. The molecule has 0 aliphatic carbocycles. The molecule has 0 atom stereocenters. The minimum atomic E-state index is 0.0180. The smallest absolute Gasteiger partial charge is 0.225 e. The van der Waals surface area contributed by atoms with Crippen LogP contribution in [0.5, 0.6) is 0 Å². The van der Waals surface area contributed by atoms with Gasteiger partial charge >= 0.3 is 0 Å². The number of carbonyl (C=O) groups is 1. The molecule has 0 fully saturated rings. The van der Waals surface area contributed by atoms with E-state index in [2.05, 4.69) is 10.2 Å². The minimum absolute atomic E-state index is 0.0180. The van der Waals surface area contributed by atoms with Gasteiger partial charge in [0.2, 0.25) is 5.91 Å². The van der Waals surface area contributed by atoms with Crippen molar-refractivity contribution in [2.45, 2.75) is 19.4 Å². The summed E-state index contributed by atoms with van der Waals surface area (Å²) < 4.78 is 5.00. The first kappa shape index (κ1) is 16.6. The monoisotopic (exact) mass is 279 g/mol. The van der Waals surface area contributed by atoms with Gasteiger partial charge in [0, 0.05) is 45.5 Å². The Labute approximate surface area is 121 Å². The lowest BCUT2D eigenvalue weighted by molar-refractivity contribution is -0.116. The molecule has 0 heterocycles. The molecule has 1 amide bonds. The molecule has 0 aliphatic rings. The number of nitrogens with two attached hydrogens (primary N) is 1. The Morgan fingerprint density at radius 2 is 2.10 bits per heavy atom. The number of methoxy groups -OCH3 is 1. The van der Waals surface area contributed by atoms with E-state index in [0.717, 1.165) is 37.4 Å². The van der Waals surface area contributed by atoms with E-state index in [-0.39, 0.29) is 5.91 Å². The van der Waals surface area contributed by atoms with E-state index in [1.807, 2.05) is 31.3 Å². The van der Waals surface area contributed by atoms with E-state index < -0.39 is 0 Å². The first-order valence-electron chi connectivity index (χ1n) is 6.92. The van der Waals surface area contributed by atoms with Crippen LogP contribution in [0, 0.1) is 0 Å². The number of nitrogens with one attached hydrogen (secondary N) is 1. The maximum Gasteiger partial charge on any atom is 0.225 e. The highest BCUT2D eigenvalue weighted by atomic mass is 16.5. The molecule has 5 nitrogen and oxygen atoms in total. The summed E-state index contributed by atoms with van der Waals surface area (Å²) in [5.41, 5.74) is 7.41. The standard InChI is InChI=1S/C15H25N3O2/c1-18(9-5-11-20-2)10-8-15(19)17-14-7-4-3-6-13(14)12-16/h3-4,6-7H,5,8-12,16H2,1-2H3,(H,17,19). The van der Waals surface area contributed by atoms with E-state index in [4.69, 9.17) is 10.5 Å². The number of carbonyl (C=O) groups excluding carboxylic acids is 1. The van der Waals surface area contributed by atoms with Crippen LogP contribution in [-0.2, 0) is 16.1 Å². The van der Waals surface area contributed by atoms with Gasteiger partial charge in [-0.25, -0.2) is 0 Å². The lowest BCUT2D eigenvalue weighted by Gasteiger charge is -2.16. The van der Waals surface area contributed by atoms with Crippen molar-refractivity contribution in [2.24, 2.45) is 5.73 Å². The van der Waals surface area contributed by atoms with Gasteiger partial charge in [0.05, 0.1) is 0 Å². The van der Waals surface area contributed by atoms with Crippen LogP contribution in [0.1, 0.15) is 18.4 Å². The Hall–Kier alpha value is -1.43. The van der Waals surface area contributed by atoms with Crippen molar-refractivity contribution in [3.05, 3.63) is 29.8 Å². The number of amides is 1. The first-order valence-corrected chi connectivity index (χ1v) is 6.92. The van der Waals surface area contributed by atoms with Gasteiger partial charge in [-0.05, 0) is 25.1 Å². The molecule has 0 unspecified atom stereocenters. The van der Waals surface area contributed by atoms with Gasteiger partial charge < -0.3 is 20.7 Å². The predicted molar refractivity (Wildman–Crippen MR) is 81.6 cm³/mol. The third kappa shape index (κ3) is 6.14. The van der Waals surface area contributed by atoms with Crippen LogP contribution in [0.2, 0.25) is 0 Å². The molecule has 0 saturated carbocycles. The molecule has 0 saturated heterocycles. The lowest BCUT2D eigenvalue weighted by atomic mass is 10.1. The van der Waals surface area contributed by atoms with Crippen molar-refractivity contribution < 1.29 is 9.53 Å². The third-order valence-electron chi connectivity index (χ3n) is 3.12. The number of hydrogen-bond donors (Lipinski definition) is 2. The first-order chi connectivity index (χ1) is 9.67. The van der Waals surface area contributed by atoms with Crippen molar-refractivity contribution in [1.82, 2.24) is 4.90 Å². The second-order valence-corrected chi connectivity index (χ2v) is 4.81. The van der Waals surface area contributed by atoms with Gasteiger partial charge in [0.15, 0.2) is 0 Å². The summed E-state index contributed by atoms with van der Waals surface area (Å²) in [5.74, 6) is 0.0180. The number of anilines is 1. The highest BCUT2D eigenvalue weighted by Crippen LogP contribution is 2.14. The molecule has 5 heteroatoms. The maximum atomic E-state index is 11.9. The highest BCUT2D eigenvalue weighted by molar-refractivity contribution is 5.91. The fourth-order valence-electron chi connectivity index (χ4n) is 1.92. The average Bonchev–Trinajstić information content (AvgIpc) is 2.46. The zero-order chi connectivity index (χ0) is 14.8. The molecule has 3 N–H and O–H groups in total. The second kappa shape index (κ2) is 9.47. The fourth-order valence-corrected chi connectivity index (χ4v) is 1.92. The molecule has 1 aromatic rings. The van der Waals surface area contributed by atoms with Crippen LogP contribution >= 0.6 is 0 Å². The van der Waals surface area contributed by atoms with E-state index in [0.29, 0.717) is 13.0 Å². The Kier molecular flexibility index (Phi) is 7.87. The number of rotatable bonds is 9. The molecule has 0 bridgehead atoms. The van der Waals surface area contributed by atoms with Crippen molar-refractivity contribution in [2.75, 3.05) is 39.2 Å². The summed E-state index contributed by atoms with van der Waals surface area (Å²) >= 11 is 0. The van der Waals surface area contributed by atoms with Crippen LogP contribution in [0.4, 0.5) is 5.69 Å². The van der Waals surface area contributed by atoms with E-state index in [1.54, 1.807) is 7.11 Å². The van der Waals surface area contributed by atoms with Crippen LogP contribution < -0.4 is 11.1 Å². The van der Waals surface area contributed by atoms with E-state index in [9.17, 15) is 4.79 Å².